The summed E-state index contributed by atoms with van der Waals surface area (Å²) in [7, 11) is 0. The Morgan fingerprint density at radius 1 is 1.36 bits per heavy atom. The van der Waals surface area contributed by atoms with Crippen LogP contribution in [0, 0.1) is 11.8 Å². The largest absolute Gasteiger partial charge is 0.311 e. The van der Waals surface area contributed by atoms with Gasteiger partial charge in [-0.2, -0.15) is 0 Å². The maximum absolute atomic E-state index is 3.70. The van der Waals surface area contributed by atoms with Crippen LogP contribution in [0.15, 0.2) is 0 Å². The highest BCUT2D eigenvalue weighted by atomic mass is 15.0. The van der Waals surface area contributed by atoms with Gasteiger partial charge in [-0.25, -0.2) is 0 Å². The number of hydrogen-bond donors (Lipinski definition) is 1. The van der Waals surface area contributed by atoms with Crippen molar-refractivity contribution in [1.29, 1.82) is 0 Å². The lowest BCUT2D eigenvalue weighted by Gasteiger charge is -2.39. The summed E-state index contributed by atoms with van der Waals surface area (Å²) in [6.45, 7) is 5.98. The van der Waals surface area contributed by atoms with Crippen LogP contribution in [0.25, 0.3) is 0 Å². The Morgan fingerprint density at radius 2 is 2.09 bits per heavy atom. The minimum atomic E-state index is 0.620. The first-order valence-electron chi connectivity index (χ1n) is 4.97. The summed E-state index contributed by atoms with van der Waals surface area (Å²) in [5.41, 5.74) is 0.620. The van der Waals surface area contributed by atoms with Crippen molar-refractivity contribution in [2.24, 2.45) is 11.8 Å². The first-order chi connectivity index (χ1) is 5.22. The first kappa shape index (κ1) is 7.60. The van der Waals surface area contributed by atoms with Crippen molar-refractivity contribution in [2.45, 2.75) is 45.1 Å². The molecule has 1 heteroatoms. The van der Waals surface area contributed by atoms with Gasteiger partial charge in [0.15, 0.2) is 0 Å². The van der Waals surface area contributed by atoms with Gasteiger partial charge < -0.3 is 5.32 Å². The normalized spacial score (nSPS) is 34.6. The molecule has 1 aliphatic heterocycles. The van der Waals surface area contributed by atoms with E-state index in [1.54, 1.807) is 0 Å². The van der Waals surface area contributed by atoms with E-state index in [9.17, 15) is 0 Å². The van der Waals surface area contributed by atoms with Crippen molar-refractivity contribution in [3.63, 3.8) is 0 Å². The van der Waals surface area contributed by atoms with E-state index in [-0.39, 0.29) is 0 Å². The molecular formula is C10H19N. The van der Waals surface area contributed by atoms with Gasteiger partial charge in [0.25, 0.3) is 0 Å². The predicted octanol–water partition coefficient (Wildman–Crippen LogP) is 2.17. The molecule has 0 radical (unpaired) electrons. The van der Waals surface area contributed by atoms with Gasteiger partial charge in [-0.1, -0.05) is 13.8 Å². The van der Waals surface area contributed by atoms with E-state index in [1.165, 1.54) is 32.2 Å². The maximum Gasteiger partial charge on any atom is 0.0184 e. The molecule has 1 atom stereocenters. The average molecular weight is 153 g/mol. The topological polar surface area (TPSA) is 12.0 Å². The van der Waals surface area contributed by atoms with Crippen molar-refractivity contribution >= 4 is 0 Å². The fourth-order valence-electron chi connectivity index (χ4n) is 2.45. The van der Waals surface area contributed by atoms with Gasteiger partial charge in [0.1, 0.15) is 0 Å². The quantitative estimate of drug-likeness (QED) is 0.609. The summed E-state index contributed by atoms with van der Waals surface area (Å²) in [5, 5.41) is 3.70. The molecule has 0 amide bonds. The highest BCUT2D eigenvalue weighted by molar-refractivity contribution is 5.02. The lowest BCUT2D eigenvalue weighted by molar-refractivity contribution is 0.205. The molecule has 11 heavy (non-hydrogen) atoms. The molecule has 1 saturated heterocycles. The Morgan fingerprint density at radius 3 is 2.36 bits per heavy atom. The Labute approximate surface area is 69.6 Å². The molecule has 0 aromatic carbocycles. The van der Waals surface area contributed by atoms with Crippen LogP contribution in [0.5, 0.6) is 0 Å². The summed E-state index contributed by atoms with van der Waals surface area (Å²) >= 11 is 0. The van der Waals surface area contributed by atoms with Crippen LogP contribution >= 0.6 is 0 Å². The minimum absolute atomic E-state index is 0.620. The van der Waals surface area contributed by atoms with Crippen LogP contribution in [-0.4, -0.2) is 12.1 Å². The van der Waals surface area contributed by atoms with Crippen LogP contribution < -0.4 is 5.32 Å². The van der Waals surface area contributed by atoms with E-state index in [4.69, 9.17) is 0 Å². The van der Waals surface area contributed by atoms with Crippen molar-refractivity contribution in [2.75, 3.05) is 6.54 Å². The Balaban J connectivity index is 1.93. The van der Waals surface area contributed by atoms with Crippen molar-refractivity contribution < 1.29 is 0 Å². The van der Waals surface area contributed by atoms with Gasteiger partial charge in [0.2, 0.25) is 0 Å². The third kappa shape index (κ3) is 1.20. The molecule has 0 bridgehead atoms. The molecular weight excluding hydrogens is 134 g/mol. The zero-order valence-electron chi connectivity index (χ0n) is 7.69. The van der Waals surface area contributed by atoms with Gasteiger partial charge >= 0.3 is 0 Å². The summed E-state index contributed by atoms with van der Waals surface area (Å²) in [4.78, 5) is 0. The second-order valence-corrected chi connectivity index (χ2v) is 4.72. The molecule has 1 spiro atoms. The zero-order valence-corrected chi connectivity index (χ0v) is 7.69. The van der Waals surface area contributed by atoms with E-state index in [1.807, 2.05) is 0 Å². The molecule has 2 rings (SSSR count). The third-order valence-corrected chi connectivity index (χ3v) is 3.65. The highest BCUT2D eigenvalue weighted by Crippen LogP contribution is 2.42. The van der Waals surface area contributed by atoms with Crippen LogP contribution in [0.4, 0.5) is 0 Å². The van der Waals surface area contributed by atoms with Gasteiger partial charge in [-0.15, -0.1) is 0 Å². The minimum Gasteiger partial charge on any atom is -0.311 e. The van der Waals surface area contributed by atoms with Gasteiger partial charge in [-0.3, -0.25) is 0 Å². The number of rotatable bonds is 1. The number of nitrogens with one attached hydrogen (secondary N) is 1. The summed E-state index contributed by atoms with van der Waals surface area (Å²) in [5.74, 6) is 1.83. The molecule has 2 fully saturated rings. The Bertz CT molecular complexity index is 147. The summed E-state index contributed by atoms with van der Waals surface area (Å²) < 4.78 is 0. The van der Waals surface area contributed by atoms with Crippen LogP contribution in [0.2, 0.25) is 0 Å². The molecule has 0 aromatic heterocycles. The maximum atomic E-state index is 3.70. The average Bonchev–Trinajstić information content (AvgIpc) is 2.28. The molecule has 0 aromatic rings. The predicted molar refractivity (Wildman–Crippen MR) is 47.5 cm³/mol. The second-order valence-electron chi connectivity index (χ2n) is 4.72. The van der Waals surface area contributed by atoms with Gasteiger partial charge in [0, 0.05) is 5.54 Å². The van der Waals surface area contributed by atoms with Crippen molar-refractivity contribution in [3.8, 4) is 0 Å². The van der Waals surface area contributed by atoms with Crippen LogP contribution in [-0.2, 0) is 0 Å². The second kappa shape index (κ2) is 2.48. The molecule has 1 unspecified atom stereocenters. The van der Waals surface area contributed by atoms with Crippen LogP contribution in [0.1, 0.15) is 39.5 Å². The van der Waals surface area contributed by atoms with E-state index in [0.717, 1.165) is 11.8 Å². The Kier molecular flexibility index (Phi) is 1.71. The first-order valence-corrected chi connectivity index (χ1v) is 4.97. The number of hydrogen-bond acceptors (Lipinski definition) is 1. The molecule has 1 aliphatic carbocycles. The van der Waals surface area contributed by atoms with Gasteiger partial charge in [-0.05, 0) is 44.1 Å². The van der Waals surface area contributed by atoms with Crippen LogP contribution in [0.3, 0.4) is 0 Å². The lowest BCUT2D eigenvalue weighted by Crippen LogP contribution is -2.45. The van der Waals surface area contributed by atoms with Crippen molar-refractivity contribution in [1.82, 2.24) is 5.32 Å². The van der Waals surface area contributed by atoms with E-state index >= 15 is 0 Å². The highest BCUT2D eigenvalue weighted by Gasteiger charge is 2.43. The van der Waals surface area contributed by atoms with E-state index < -0.39 is 0 Å². The SMILES string of the molecule is CC(C)C1CNC2(CCC2)C1. The monoisotopic (exact) mass is 153 g/mol. The summed E-state index contributed by atoms with van der Waals surface area (Å²) in [6.07, 6.45) is 5.79. The molecule has 1 nitrogen and oxygen atoms in total. The van der Waals surface area contributed by atoms with E-state index in [0.29, 0.717) is 5.54 Å². The molecule has 1 N–H and O–H groups in total. The standard InChI is InChI=1S/C10H19N/c1-8(2)9-6-10(11-7-9)4-3-5-10/h8-9,11H,3-7H2,1-2H3. The fourth-order valence-corrected chi connectivity index (χ4v) is 2.45. The lowest BCUT2D eigenvalue weighted by atomic mass is 9.73. The van der Waals surface area contributed by atoms with Gasteiger partial charge in [0.05, 0.1) is 0 Å². The Hall–Kier alpha value is -0.0400. The molecule has 1 heterocycles. The smallest absolute Gasteiger partial charge is 0.0184 e. The zero-order chi connectivity index (χ0) is 7.90. The van der Waals surface area contributed by atoms with Crippen molar-refractivity contribution in [3.05, 3.63) is 0 Å². The summed E-state index contributed by atoms with van der Waals surface area (Å²) in [6, 6.07) is 0. The fraction of sp³-hybridized carbons (Fsp3) is 1.00. The molecule has 2 aliphatic rings. The third-order valence-electron chi connectivity index (χ3n) is 3.65. The molecule has 64 valence electrons. The molecule has 1 saturated carbocycles. The van der Waals surface area contributed by atoms with E-state index in [2.05, 4.69) is 19.2 Å².